The van der Waals surface area contributed by atoms with Crippen LogP contribution in [0.15, 0.2) is 12.2 Å². The van der Waals surface area contributed by atoms with Crippen molar-refractivity contribution in [2.75, 3.05) is 5.75 Å². The van der Waals surface area contributed by atoms with Crippen LogP contribution in [0.25, 0.3) is 0 Å². The van der Waals surface area contributed by atoms with Crippen LogP contribution < -0.4 is 0 Å². The van der Waals surface area contributed by atoms with Crippen molar-refractivity contribution >= 4 is 17.5 Å². The number of allylic oxidation sites excluding steroid dienone is 2. The Morgan fingerprint density at radius 2 is 2.55 bits per heavy atom. The predicted molar refractivity (Wildman–Crippen MR) is 49.9 cm³/mol. The first-order valence-corrected chi connectivity index (χ1v) is 5.12. The molecule has 0 N–H and O–H groups in total. The van der Waals surface area contributed by atoms with Crippen LogP contribution in [-0.4, -0.2) is 16.8 Å². The second kappa shape index (κ2) is 4.60. The average molecular weight is 170 g/mol. The van der Waals surface area contributed by atoms with E-state index in [4.69, 9.17) is 0 Å². The first kappa shape index (κ1) is 8.85. The van der Waals surface area contributed by atoms with Gasteiger partial charge in [0.1, 0.15) is 5.78 Å². The van der Waals surface area contributed by atoms with Crippen molar-refractivity contribution in [2.24, 2.45) is 0 Å². The highest BCUT2D eigenvalue weighted by Crippen LogP contribution is 2.25. The van der Waals surface area contributed by atoms with Gasteiger partial charge in [-0.2, -0.15) is 11.8 Å². The zero-order valence-corrected chi connectivity index (χ0v) is 7.69. The van der Waals surface area contributed by atoms with E-state index in [0.717, 1.165) is 25.0 Å². The summed E-state index contributed by atoms with van der Waals surface area (Å²) in [7, 11) is 0. The number of hydrogen-bond donors (Lipinski definition) is 0. The third-order valence-electron chi connectivity index (χ3n) is 1.82. The van der Waals surface area contributed by atoms with E-state index in [-0.39, 0.29) is 0 Å². The molecule has 11 heavy (non-hydrogen) atoms. The van der Waals surface area contributed by atoms with Gasteiger partial charge in [0.05, 0.1) is 0 Å². The third kappa shape index (κ3) is 3.10. The van der Waals surface area contributed by atoms with Crippen LogP contribution in [0, 0.1) is 0 Å². The molecule has 1 unspecified atom stereocenters. The summed E-state index contributed by atoms with van der Waals surface area (Å²) in [4.78, 5) is 11.0. The number of hydrogen-bond acceptors (Lipinski definition) is 2. The van der Waals surface area contributed by atoms with Crippen LogP contribution in [0.4, 0.5) is 0 Å². The van der Waals surface area contributed by atoms with E-state index >= 15 is 0 Å². The first-order valence-electron chi connectivity index (χ1n) is 4.07. The van der Waals surface area contributed by atoms with Crippen LogP contribution in [0.3, 0.4) is 0 Å². The fourth-order valence-electron chi connectivity index (χ4n) is 1.19. The summed E-state index contributed by atoms with van der Waals surface area (Å²) < 4.78 is 0. The fourth-order valence-corrected chi connectivity index (χ4v) is 2.42. The number of carbonyl (C=O) groups is 1. The monoisotopic (exact) mass is 170 g/mol. The van der Waals surface area contributed by atoms with Gasteiger partial charge in [0.25, 0.3) is 0 Å². The zero-order chi connectivity index (χ0) is 8.10. The molecule has 0 spiro atoms. The van der Waals surface area contributed by atoms with Gasteiger partial charge in [0.2, 0.25) is 0 Å². The average Bonchev–Trinajstić information content (AvgIpc) is 2.01. The van der Waals surface area contributed by atoms with Gasteiger partial charge in [-0.15, -0.1) is 0 Å². The first-order chi connectivity index (χ1) is 5.33. The Morgan fingerprint density at radius 3 is 3.18 bits per heavy atom. The van der Waals surface area contributed by atoms with Crippen LogP contribution in [0.5, 0.6) is 0 Å². The number of ketones is 1. The predicted octanol–water partition coefficient (Wildman–Crippen LogP) is 2.42. The Bertz CT molecular complexity index is 163. The summed E-state index contributed by atoms with van der Waals surface area (Å²) in [6.45, 7) is 2.02. The molecule has 1 nitrogen and oxygen atoms in total. The molecule has 0 bridgehead atoms. The van der Waals surface area contributed by atoms with Crippen molar-refractivity contribution in [3.63, 3.8) is 0 Å². The van der Waals surface area contributed by atoms with E-state index in [0.29, 0.717) is 11.0 Å². The Balaban J connectivity index is 2.28. The van der Waals surface area contributed by atoms with Crippen LogP contribution in [0.1, 0.15) is 26.2 Å². The maximum absolute atomic E-state index is 11.0. The van der Waals surface area contributed by atoms with Gasteiger partial charge in [-0.25, -0.2) is 0 Å². The molecule has 1 heterocycles. The van der Waals surface area contributed by atoms with Crippen molar-refractivity contribution in [1.29, 1.82) is 0 Å². The molecule has 0 saturated carbocycles. The summed E-state index contributed by atoms with van der Waals surface area (Å²) in [5.41, 5.74) is 0. The fraction of sp³-hybridized carbons (Fsp3) is 0.667. The largest absolute Gasteiger partial charge is 0.300 e. The molecule has 2 heteroatoms. The smallest absolute Gasteiger partial charge is 0.134 e. The van der Waals surface area contributed by atoms with E-state index in [1.165, 1.54) is 0 Å². The quantitative estimate of drug-likeness (QED) is 0.592. The molecule has 1 aliphatic heterocycles. The molecule has 0 radical (unpaired) electrons. The minimum atomic E-state index is 0.443. The van der Waals surface area contributed by atoms with E-state index in [1.807, 2.05) is 18.7 Å². The molecule has 0 amide bonds. The number of thioether (sulfide) groups is 1. The SMILES string of the molecule is C/C=C/CC1CC(=O)CCS1. The molecule has 0 aromatic heterocycles. The normalized spacial score (nSPS) is 26.3. The molecular formula is C9H14OS. The van der Waals surface area contributed by atoms with Gasteiger partial charge in [-0.1, -0.05) is 12.2 Å². The van der Waals surface area contributed by atoms with Crippen molar-refractivity contribution in [3.8, 4) is 0 Å². The lowest BCUT2D eigenvalue weighted by molar-refractivity contribution is -0.118. The molecule has 0 aromatic carbocycles. The second-order valence-corrected chi connectivity index (χ2v) is 4.20. The molecule has 1 fully saturated rings. The number of Topliss-reactive ketones (excluding diaryl/α,β-unsaturated/α-hetero) is 1. The van der Waals surface area contributed by atoms with Gasteiger partial charge < -0.3 is 0 Å². The topological polar surface area (TPSA) is 17.1 Å². The van der Waals surface area contributed by atoms with Crippen LogP contribution in [0.2, 0.25) is 0 Å². The third-order valence-corrected chi connectivity index (χ3v) is 3.09. The Labute approximate surface area is 72.2 Å². The molecule has 1 aliphatic rings. The van der Waals surface area contributed by atoms with Gasteiger partial charge >= 0.3 is 0 Å². The lowest BCUT2D eigenvalue weighted by atomic mass is 10.1. The minimum absolute atomic E-state index is 0.443. The maximum Gasteiger partial charge on any atom is 0.134 e. The molecule has 62 valence electrons. The van der Waals surface area contributed by atoms with Crippen LogP contribution in [-0.2, 0) is 4.79 Å². The Kier molecular flexibility index (Phi) is 3.70. The van der Waals surface area contributed by atoms with Crippen molar-refractivity contribution < 1.29 is 4.79 Å². The summed E-state index contributed by atoms with van der Waals surface area (Å²) in [5, 5.41) is 0.562. The highest BCUT2D eigenvalue weighted by molar-refractivity contribution is 8.00. The van der Waals surface area contributed by atoms with Crippen molar-refractivity contribution in [2.45, 2.75) is 31.4 Å². The van der Waals surface area contributed by atoms with Crippen molar-refractivity contribution in [1.82, 2.24) is 0 Å². The Hall–Kier alpha value is -0.240. The second-order valence-electron chi connectivity index (χ2n) is 2.79. The molecule has 1 atom stereocenters. The lowest BCUT2D eigenvalue weighted by Gasteiger charge is -2.18. The van der Waals surface area contributed by atoms with E-state index < -0.39 is 0 Å². The zero-order valence-electron chi connectivity index (χ0n) is 6.88. The molecule has 1 saturated heterocycles. The highest BCUT2D eigenvalue weighted by Gasteiger charge is 2.18. The molecule has 0 aliphatic carbocycles. The molecular weight excluding hydrogens is 156 g/mol. The summed E-state index contributed by atoms with van der Waals surface area (Å²) in [5.74, 6) is 1.47. The van der Waals surface area contributed by atoms with Crippen LogP contribution >= 0.6 is 11.8 Å². The summed E-state index contributed by atoms with van der Waals surface area (Å²) in [6, 6.07) is 0. The van der Waals surface area contributed by atoms with Gasteiger partial charge in [-0.3, -0.25) is 4.79 Å². The van der Waals surface area contributed by atoms with E-state index in [1.54, 1.807) is 0 Å². The van der Waals surface area contributed by atoms with Gasteiger partial charge in [0.15, 0.2) is 0 Å². The molecule has 0 aromatic rings. The van der Waals surface area contributed by atoms with Gasteiger partial charge in [-0.05, 0) is 13.3 Å². The van der Waals surface area contributed by atoms with E-state index in [2.05, 4.69) is 12.2 Å². The van der Waals surface area contributed by atoms with Gasteiger partial charge in [0, 0.05) is 23.8 Å². The Morgan fingerprint density at radius 1 is 1.73 bits per heavy atom. The standard InChI is InChI=1S/C9H14OS/c1-2-3-4-9-7-8(10)5-6-11-9/h2-3,9H,4-7H2,1H3/b3-2+. The van der Waals surface area contributed by atoms with E-state index in [9.17, 15) is 4.79 Å². The highest BCUT2D eigenvalue weighted by atomic mass is 32.2. The summed E-state index contributed by atoms with van der Waals surface area (Å²) in [6.07, 6.45) is 6.84. The number of rotatable bonds is 2. The number of carbonyl (C=O) groups excluding carboxylic acids is 1. The lowest BCUT2D eigenvalue weighted by Crippen LogP contribution is -2.17. The summed E-state index contributed by atoms with van der Waals surface area (Å²) >= 11 is 1.93. The van der Waals surface area contributed by atoms with Crippen molar-refractivity contribution in [3.05, 3.63) is 12.2 Å². The minimum Gasteiger partial charge on any atom is -0.300 e. The maximum atomic E-state index is 11.0. The molecule has 1 rings (SSSR count).